The van der Waals surface area contributed by atoms with Gasteiger partial charge in [0.25, 0.3) is 0 Å². The standard InChI is InChI=1S/C22H23FN6O2/c1-22(2,30)13-25-21-24-9-8-17(26-21)15-5-6-19-18(11-15)27-28-29(19)12-14-4-7-20(31-3)16(23)10-14/h4-11,30H,12-13H2,1-3H3,(H,24,25,26). The SMILES string of the molecule is COc1ccc(Cn2nnc3cc(-c4ccnc(NCC(C)(C)O)n4)ccc32)cc1F. The zero-order valence-electron chi connectivity index (χ0n) is 17.5. The van der Waals surface area contributed by atoms with Crippen molar-refractivity contribution < 1.29 is 14.2 Å². The Morgan fingerprint density at radius 1 is 1.16 bits per heavy atom. The van der Waals surface area contributed by atoms with Crippen LogP contribution in [0.25, 0.3) is 22.3 Å². The fourth-order valence-electron chi connectivity index (χ4n) is 3.13. The molecule has 0 aliphatic rings. The first kappa shape index (κ1) is 20.7. The van der Waals surface area contributed by atoms with Gasteiger partial charge in [-0.15, -0.1) is 5.10 Å². The fraction of sp³-hybridized carbons (Fsp3) is 0.273. The number of halogens is 1. The highest BCUT2D eigenvalue weighted by Gasteiger charge is 2.14. The number of methoxy groups -OCH3 is 1. The zero-order chi connectivity index (χ0) is 22.0. The first-order chi connectivity index (χ1) is 14.8. The number of benzene rings is 2. The van der Waals surface area contributed by atoms with Gasteiger partial charge < -0.3 is 15.2 Å². The van der Waals surface area contributed by atoms with Gasteiger partial charge in [0.2, 0.25) is 5.95 Å². The van der Waals surface area contributed by atoms with Crippen LogP contribution < -0.4 is 10.1 Å². The van der Waals surface area contributed by atoms with E-state index in [9.17, 15) is 9.50 Å². The van der Waals surface area contributed by atoms with Gasteiger partial charge in [-0.05, 0) is 49.7 Å². The van der Waals surface area contributed by atoms with E-state index in [2.05, 4.69) is 25.6 Å². The maximum absolute atomic E-state index is 14.0. The Labute approximate surface area is 178 Å². The average Bonchev–Trinajstić information content (AvgIpc) is 3.14. The van der Waals surface area contributed by atoms with Crippen molar-refractivity contribution in [3.8, 4) is 17.0 Å². The Hall–Kier alpha value is -3.59. The molecular formula is C22H23FN6O2. The lowest BCUT2D eigenvalue weighted by Gasteiger charge is -2.17. The van der Waals surface area contributed by atoms with Crippen molar-refractivity contribution in [1.29, 1.82) is 0 Å². The van der Waals surface area contributed by atoms with Crippen molar-refractivity contribution in [2.75, 3.05) is 19.0 Å². The van der Waals surface area contributed by atoms with E-state index in [-0.39, 0.29) is 5.75 Å². The third-order valence-electron chi connectivity index (χ3n) is 4.69. The van der Waals surface area contributed by atoms with Crippen LogP contribution in [0.4, 0.5) is 10.3 Å². The van der Waals surface area contributed by atoms with Crippen LogP contribution in [0.15, 0.2) is 48.7 Å². The summed E-state index contributed by atoms with van der Waals surface area (Å²) >= 11 is 0. The van der Waals surface area contributed by atoms with E-state index in [0.29, 0.717) is 24.6 Å². The highest BCUT2D eigenvalue weighted by molar-refractivity contribution is 5.80. The normalized spacial score (nSPS) is 11.6. The molecule has 0 bridgehead atoms. The minimum atomic E-state index is -0.871. The van der Waals surface area contributed by atoms with Gasteiger partial charge in [-0.3, -0.25) is 0 Å². The van der Waals surface area contributed by atoms with Gasteiger partial charge in [-0.25, -0.2) is 19.0 Å². The van der Waals surface area contributed by atoms with Crippen molar-refractivity contribution in [3.05, 3.63) is 60.0 Å². The molecule has 4 aromatic rings. The molecular weight excluding hydrogens is 399 g/mol. The van der Waals surface area contributed by atoms with Crippen LogP contribution in [-0.2, 0) is 6.54 Å². The van der Waals surface area contributed by atoms with Gasteiger partial charge in [0.1, 0.15) is 5.52 Å². The summed E-state index contributed by atoms with van der Waals surface area (Å²) in [7, 11) is 1.44. The number of fused-ring (bicyclic) bond motifs is 1. The molecule has 0 saturated carbocycles. The molecule has 31 heavy (non-hydrogen) atoms. The highest BCUT2D eigenvalue weighted by atomic mass is 19.1. The van der Waals surface area contributed by atoms with Crippen LogP contribution in [0, 0.1) is 5.82 Å². The predicted molar refractivity (Wildman–Crippen MR) is 115 cm³/mol. The summed E-state index contributed by atoms with van der Waals surface area (Å²) < 4.78 is 20.7. The highest BCUT2D eigenvalue weighted by Crippen LogP contribution is 2.24. The molecule has 160 valence electrons. The molecule has 0 fully saturated rings. The molecule has 2 aromatic heterocycles. The number of aliphatic hydroxyl groups is 1. The molecule has 2 N–H and O–H groups in total. The lowest BCUT2D eigenvalue weighted by atomic mass is 10.1. The molecule has 0 atom stereocenters. The van der Waals surface area contributed by atoms with Crippen molar-refractivity contribution in [1.82, 2.24) is 25.0 Å². The Morgan fingerprint density at radius 2 is 2.00 bits per heavy atom. The number of ether oxygens (including phenoxy) is 1. The maximum atomic E-state index is 14.0. The molecule has 0 radical (unpaired) electrons. The Morgan fingerprint density at radius 3 is 2.74 bits per heavy atom. The Balaban J connectivity index is 1.57. The quantitative estimate of drug-likeness (QED) is 0.472. The van der Waals surface area contributed by atoms with Gasteiger partial charge in [0.15, 0.2) is 11.6 Å². The van der Waals surface area contributed by atoms with Gasteiger partial charge in [-0.2, -0.15) is 0 Å². The van der Waals surface area contributed by atoms with Gasteiger partial charge in [0, 0.05) is 18.3 Å². The van der Waals surface area contributed by atoms with E-state index in [1.54, 1.807) is 42.9 Å². The van der Waals surface area contributed by atoms with E-state index in [1.165, 1.54) is 13.2 Å². The first-order valence-electron chi connectivity index (χ1n) is 9.78. The van der Waals surface area contributed by atoms with Crippen LogP contribution >= 0.6 is 0 Å². The van der Waals surface area contributed by atoms with Crippen LogP contribution in [0.5, 0.6) is 5.75 Å². The summed E-state index contributed by atoms with van der Waals surface area (Å²) in [5.74, 6) is 0.229. The number of hydrogen-bond acceptors (Lipinski definition) is 7. The number of hydrogen-bond donors (Lipinski definition) is 2. The van der Waals surface area contributed by atoms with Crippen LogP contribution in [-0.4, -0.2) is 49.3 Å². The molecule has 8 nitrogen and oxygen atoms in total. The first-order valence-corrected chi connectivity index (χ1v) is 9.78. The smallest absolute Gasteiger partial charge is 0.223 e. The largest absolute Gasteiger partial charge is 0.494 e. The summed E-state index contributed by atoms with van der Waals surface area (Å²) in [5.41, 5.74) is 3.01. The zero-order valence-corrected chi connectivity index (χ0v) is 17.5. The molecule has 2 aromatic carbocycles. The minimum Gasteiger partial charge on any atom is -0.494 e. The van der Waals surface area contributed by atoms with Gasteiger partial charge in [0.05, 0.1) is 30.5 Å². The second kappa shape index (κ2) is 8.27. The van der Waals surface area contributed by atoms with Crippen molar-refractivity contribution in [2.45, 2.75) is 26.0 Å². The van der Waals surface area contributed by atoms with Crippen LogP contribution in [0.1, 0.15) is 19.4 Å². The lowest BCUT2D eigenvalue weighted by Crippen LogP contribution is -2.29. The summed E-state index contributed by atoms with van der Waals surface area (Å²) in [5, 5.41) is 21.4. The molecule has 0 spiro atoms. The fourth-order valence-corrected chi connectivity index (χ4v) is 3.13. The number of rotatable bonds is 7. The molecule has 9 heteroatoms. The second-order valence-electron chi connectivity index (χ2n) is 7.85. The number of anilines is 1. The summed E-state index contributed by atoms with van der Waals surface area (Å²) in [6.07, 6.45) is 1.66. The average molecular weight is 422 g/mol. The van der Waals surface area contributed by atoms with Crippen LogP contribution in [0.2, 0.25) is 0 Å². The maximum Gasteiger partial charge on any atom is 0.223 e. The molecule has 0 aliphatic heterocycles. The predicted octanol–water partition coefficient (Wildman–Crippen LogP) is 3.27. The third-order valence-corrected chi connectivity index (χ3v) is 4.69. The van der Waals surface area contributed by atoms with E-state index < -0.39 is 11.4 Å². The Kier molecular flexibility index (Phi) is 5.51. The van der Waals surface area contributed by atoms with E-state index >= 15 is 0 Å². The number of nitrogens with one attached hydrogen (secondary N) is 1. The molecule has 4 rings (SSSR count). The van der Waals surface area contributed by atoms with Crippen molar-refractivity contribution in [3.63, 3.8) is 0 Å². The van der Waals surface area contributed by atoms with E-state index in [4.69, 9.17) is 4.74 Å². The number of aromatic nitrogens is 5. The molecule has 0 saturated heterocycles. The summed E-state index contributed by atoms with van der Waals surface area (Å²) in [4.78, 5) is 8.71. The molecule has 0 amide bonds. The molecule has 0 unspecified atom stereocenters. The number of nitrogens with zero attached hydrogens (tertiary/aromatic N) is 5. The monoisotopic (exact) mass is 422 g/mol. The minimum absolute atomic E-state index is 0.207. The van der Waals surface area contributed by atoms with Crippen molar-refractivity contribution >= 4 is 17.0 Å². The van der Waals surface area contributed by atoms with E-state index in [0.717, 1.165) is 22.3 Å². The second-order valence-corrected chi connectivity index (χ2v) is 7.85. The molecule has 0 aliphatic carbocycles. The Bertz CT molecular complexity index is 1220. The molecule has 2 heterocycles. The lowest BCUT2D eigenvalue weighted by molar-refractivity contribution is 0.0943. The van der Waals surface area contributed by atoms with E-state index in [1.807, 2.05) is 18.2 Å². The third kappa shape index (κ3) is 4.77. The summed E-state index contributed by atoms with van der Waals surface area (Å²) in [6, 6.07) is 12.4. The van der Waals surface area contributed by atoms with Gasteiger partial charge >= 0.3 is 0 Å². The van der Waals surface area contributed by atoms with Crippen LogP contribution in [0.3, 0.4) is 0 Å². The van der Waals surface area contributed by atoms with Crippen molar-refractivity contribution in [2.24, 2.45) is 0 Å². The van der Waals surface area contributed by atoms with Gasteiger partial charge in [-0.1, -0.05) is 17.3 Å². The topological polar surface area (TPSA) is 98.0 Å². The summed E-state index contributed by atoms with van der Waals surface area (Å²) in [6.45, 7) is 4.13.